The van der Waals surface area contributed by atoms with Crippen LogP contribution in [0.25, 0.3) is 6.08 Å². The quantitative estimate of drug-likeness (QED) is 0.756. The summed E-state index contributed by atoms with van der Waals surface area (Å²) in [7, 11) is 0. The molecule has 0 radical (unpaired) electrons. The van der Waals surface area contributed by atoms with Gasteiger partial charge in [0, 0.05) is 6.08 Å². The third-order valence-electron chi connectivity index (χ3n) is 2.69. The molecule has 2 heteroatoms. The molecule has 0 saturated carbocycles. The summed E-state index contributed by atoms with van der Waals surface area (Å²) in [5.74, 6) is 0.0129. The summed E-state index contributed by atoms with van der Waals surface area (Å²) < 4.78 is 5.39. The van der Waals surface area contributed by atoms with Gasteiger partial charge >= 0.3 is 0 Å². The van der Waals surface area contributed by atoms with Crippen LogP contribution in [0.2, 0.25) is 0 Å². The summed E-state index contributed by atoms with van der Waals surface area (Å²) in [6.07, 6.45) is 6.72. The molecule has 1 aliphatic heterocycles. The molecule has 0 saturated heterocycles. The monoisotopic (exact) mass is 214 g/mol. The second-order valence-electron chi connectivity index (χ2n) is 3.86. The molecule has 0 N–H and O–H groups in total. The van der Waals surface area contributed by atoms with Crippen molar-refractivity contribution >= 4 is 11.9 Å². The Bertz CT molecular complexity index is 418. The van der Waals surface area contributed by atoms with Gasteiger partial charge in [0.2, 0.25) is 0 Å². The van der Waals surface area contributed by atoms with E-state index in [9.17, 15) is 4.79 Å². The molecule has 0 aliphatic carbocycles. The van der Waals surface area contributed by atoms with E-state index in [0.717, 1.165) is 5.56 Å². The minimum absolute atomic E-state index is 0.107. The van der Waals surface area contributed by atoms with Gasteiger partial charge in [0.1, 0.15) is 6.10 Å². The van der Waals surface area contributed by atoms with Gasteiger partial charge in [0.05, 0.1) is 12.2 Å². The molecule has 0 bridgehead atoms. The van der Waals surface area contributed by atoms with Gasteiger partial charge in [-0.25, -0.2) is 0 Å². The van der Waals surface area contributed by atoms with Crippen molar-refractivity contribution in [2.75, 3.05) is 0 Å². The molecule has 82 valence electrons. The highest BCUT2D eigenvalue weighted by Gasteiger charge is 2.23. The Kier molecular flexibility index (Phi) is 3.20. The second kappa shape index (κ2) is 4.79. The van der Waals surface area contributed by atoms with Crippen molar-refractivity contribution in [3.63, 3.8) is 0 Å². The van der Waals surface area contributed by atoms with Crippen molar-refractivity contribution in [2.24, 2.45) is 5.92 Å². The first-order valence-corrected chi connectivity index (χ1v) is 5.36. The summed E-state index contributed by atoms with van der Waals surface area (Å²) in [4.78, 5) is 11.4. The lowest BCUT2D eigenvalue weighted by atomic mass is 9.97. The zero-order valence-corrected chi connectivity index (χ0v) is 9.17. The molecule has 1 heterocycles. The number of ketones is 1. The zero-order valence-electron chi connectivity index (χ0n) is 9.17. The van der Waals surface area contributed by atoms with Crippen molar-refractivity contribution < 1.29 is 9.53 Å². The van der Waals surface area contributed by atoms with E-state index < -0.39 is 0 Å². The molecule has 2 rings (SSSR count). The maximum Gasteiger partial charge on any atom is 0.165 e. The third kappa shape index (κ3) is 2.40. The lowest BCUT2D eigenvalue weighted by molar-refractivity contribution is -0.121. The zero-order chi connectivity index (χ0) is 11.4. The molecule has 1 aliphatic rings. The number of hydrogen-bond donors (Lipinski definition) is 0. The number of allylic oxidation sites excluding steroid dienone is 1. The third-order valence-corrected chi connectivity index (χ3v) is 2.69. The van der Waals surface area contributed by atoms with E-state index in [1.54, 1.807) is 0 Å². The summed E-state index contributed by atoms with van der Waals surface area (Å²) in [6, 6.07) is 9.97. The van der Waals surface area contributed by atoms with Crippen LogP contribution in [0, 0.1) is 5.92 Å². The predicted octanol–water partition coefficient (Wildman–Crippen LogP) is 2.82. The summed E-state index contributed by atoms with van der Waals surface area (Å²) in [5, 5.41) is 0. The average Bonchev–Trinajstić information content (AvgIpc) is 2.32. The molecule has 2 atom stereocenters. The van der Waals surface area contributed by atoms with Crippen LogP contribution in [-0.4, -0.2) is 11.9 Å². The van der Waals surface area contributed by atoms with E-state index in [1.165, 1.54) is 12.3 Å². The first kappa shape index (κ1) is 10.7. The lowest BCUT2D eigenvalue weighted by Gasteiger charge is -2.21. The van der Waals surface area contributed by atoms with Gasteiger partial charge in [-0.15, -0.1) is 0 Å². The molecule has 16 heavy (non-hydrogen) atoms. The molecule has 1 aromatic rings. The molecule has 2 nitrogen and oxygen atoms in total. The van der Waals surface area contributed by atoms with Crippen LogP contribution in [0.4, 0.5) is 0 Å². The Labute approximate surface area is 95.2 Å². The highest BCUT2D eigenvalue weighted by atomic mass is 16.5. The largest absolute Gasteiger partial charge is 0.493 e. The van der Waals surface area contributed by atoms with Crippen LogP contribution in [0.5, 0.6) is 0 Å². The van der Waals surface area contributed by atoms with Crippen molar-refractivity contribution in [2.45, 2.75) is 13.0 Å². The van der Waals surface area contributed by atoms with E-state index in [4.69, 9.17) is 4.74 Å². The molecular formula is C14H14O2. The van der Waals surface area contributed by atoms with Crippen molar-refractivity contribution in [3.05, 3.63) is 54.3 Å². The fraction of sp³-hybridized carbons (Fsp3) is 0.214. The van der Waals surface area contributed by atoms with Crippen molar-refractivity contribution in [1.82, 2.24) is 0 Å². The van der Waals surface area contributed by atoms with Crippen LogP contribution in [0.15, 0.2) is 48.7 Å². The Morgan fingerprint density at radius 3 is 2.75 bits per heavy atom. The van der Waals surface area contributed by atoms with Crippen molar-refractivity contribution in [1.29, 1.82) is 0 Å². The van der Waals surface area contributed by atoms with E-state index >= 15 is 0 Å². The van der Waals surface area contributed by atoms with Crippen LogP contribution >= 0.6 is 0 Å². The van der Waals surface area contributed by atoms with E-state index in [2.05, 4.69) is 0 Å². The molecule has 0 amide bonds. The summed E-state index contributed by atoms with van der Waals surface area (Å²) >= 11 is 0. The normalized spacial score (nSPS) is 24.7. The van der Waals surface area contributed by atoms with Crippen molar-refractivity contribution in [3.8, 4) is 0 Å². The van der Waals surface area contributed by atoms with E-state index in [0.29, 0.717) is 0 Å². The average molecular weight is 214 g/mol. The van der Waals surface area contributed by atoms with E-state index in [-0.39, 0.29) is 17.8 Å². The highest BCUT2D eigenvalue weighted by molar-refractivity contribution is 5.92. The first-order chi connectivity index (χ1) is 7.77. The van der Waals surface area contributed by atoms with Gasteiger partial charge in [0.15, 0.2) is 5.78 Å². The molecule has 0 unspecified atom stereocenters. The fourth-order valence-electron chi connectivity index (χ4n) is 1.61. The molecule has 0 fully saturated rings. The maximum absolute atomic E-state index is 11.4. The fourth-order valence-corrected chi connectivity index (χ4v) is 1.61. The Hall–Kier alpha value is -1.83. The predicted molar refractivity (Wildman–Crippen MR) is 63.7 cm³/mol. The van der Waals surface area contributed by atoms with E-state index in [1.807, 2.05) is 49.4 Å². The number of carbonyl (C=O) groups is 1. The van der Waals surface area contributed by atoms with Gasteiger partial charge in [-0.2, -0.15) is 0 Å². The SMILES string of the molecule is C[C@@H]1C(=O)C=CO[C@@H]1/C=C/c1ccccc1. The number of hydrogen-bond acceptors (Lipinski definition) is 2. The molecule has 0 aromatic heterocycles. The first-order valence-electron chi connectivity index (χ1n) is 5.36. The van der Waals surface area contributed by atoms with Gasteiger partial charge < -0.3 is 4.74 Å². The topological polar surface area (TPSA) is 26.3 Å². The van der Waals surface area contributed by atoms with Gasteiger partial charge in [-0.05, 0) is 11.6 Å². The number of carbonyl (C=O) groups excluding carboxylic acids is 1. The molecular weight excluding hydrogens is 200 g/mol. The Morgan fingerprint density at radius 1 is 1.25 bits per heavy atom. The summed E-state index contributed by atoms with van der Waals surface area (Å²) in [5.41, 5.74) is 1.11. The van der Waals surface area contributed by atoms with Gasteiger partial charge in [-0.3, -0.25) is 4.79 Å². The van der Waals surface area contributed by atoms with Crippen LogP contribution in [0.1, 0.15) is 12.5 Å². The number of ether oxygens (including phenoxy) is 1. The number of benzene rings is 1. The molecule has 0 spiro atoms. The Morgan fingerprint density at radius 2 is 2.00 bits per heavy atom. The maximum atomic E-state index is 11.4. The standard InChI is InChI=1S/C14H14O2/c1-11-13(15)9-10-16-14(11)8-7-12-5-3-2-4-6-12/h2-11,14H,1H3/b8-7+/t11-,14-/m1/s1. The minimum atomic E-state index is -0.155. The summed E-state index contributed by atoms with van der Waals surface area (Å²) in [6.45, 7) is 1.88. The second-order valence-corrected chi connectivity index (χ2v) is 3.86. The Balaban J connectivity index is 2.08. The molecule has 1 aromatic carbocycles. The smallest absolute Gasteiger partial charge is 0.165 e. The lowest BCUT2D eigenvalue weighted by Crippen LogP contribution is -2.27. The van der Waals surface area contributed by atoms with Gasteiger partial charge in [0.25, 0.3) is 0 Å². The van der Waals surface area contributed by atoms with Crippen LogP contribution in [0.3, 0.4) is 0 Å². The van der Waals surface area contributed by atoms with Gasteiger partial charge in [-0.1, -0.05) is 43.3 Å². The van der Waals surface area contributed by atoms with Crippen LogP contribution < -0.4 is 0 Å². The minimum Gasteiger partial charge on any atom is -0.493 e. The van der Waals surface area contributed by atoms with Crippen LogP contribution in [-0.2, 0) is 9.53 Å². The highest BCUT2D eigenvalue weighted by Crippen LogP contribution is 2.17. The number of rotatable bonds is 2.